The Labute approximate surface area is 129 Å². The van der Waals surface area contributed by atoms with E-state index < -0.39 is 0 Å². The molecule has 0 bridgehead atoms. The quantitative estimate of drug-likeness (QED) is 0.896. The van der Waals surface area contributed by atoms with Gasteiger partial charge in [0.15, 0.2) is 0 Å². The fourth-order valence-electron chi connectivity index (χ4n) is 2.09. The second-order valence-electron chi connectivity index (χ2n) is 4.39. The van der Waals surface area contributed by atoms with Crippen LogP contribution in [0.5, 0.6) is 5.75 Å². The summed E-state index contributed by atoms with van der Waals surface area (Å²) >= 11 is 9.35. The summed E-state index contributed by atoms with van der Waals surface area (Å²) in [6.07, 6.45) is 3.93. The number of rotatable bonds is 2. The second-order valence-corrected chi connectivity index (χ2v) is 5.74. The molecule has 0 spiro atoms. The fourth-order valence-corrected chi connectivity index (χ4v) is 2.70. The summed E-state index contributed by atoms with van der Waals surface area (Å²) in [5.74, 6) is 0.449. The van der Waals surface area contributed by atoms with Gasteiger partial charge >= 0.3 is 0 Å². The van der Waals surface area contributed by atoms with Gasteiger partial charge < -0.3 is 10.1 Å². The number of aromatic nitrogens is 1. The fraction of sp³-hybridized carbons (Fsp3) is 0.143. The highest BCUT2D eigenvalue weighted by Gasteiger charge is 2.19. The SMILES string of the molecule is O=C(Nc1cc(Cl)cc2c1OCC2)c1cncc(Br)c1. The van der Waals surface area contributed by atoms with Crippen LogP contribution in [0.25, 0.3) is 0 Å². The Morgan fingerprint density at radius 2 is 2.20 bits per heavy atom. The highest BCUT2D eigenvalue weighted by atomic mass is 79.9. The van der Waals surface area contributed by atoms with E-state index >= 15 is 0 Å². The topological polar surface area (TPSA) is 51.2 Å². The first-order valence-corrected chi connectivity index (χ1v) is 7.18. The van der Waals surface area contributed by atoms with Crippen LogP contribution in [-0.2, 0) is 6.42 Å². The molecule has 6 heteroatoms. The zero-order valence-corrected chi connectivity index (χ0v) is 12.7. The molecule has 1 aliphatic heterocycles. The van der Waals surface area contributed by atoms with Crippen molar-refractivity contribution in [2.45, 2.75) is 6.42 Å². The summed E-state index contributed by atoms with van der Waals surface area (Å²) in [6.45, 7) is 0.608. The molecule has 1 aromatic heterocycles. The lowest BCUT2D eigenvalue weighted by Crippen LogP contribution is -2.13. The van der Waals surface area contributed by atoms with Gasteiger partial charge in [-0.2, -0.15) is 0 Å². The molecular weight excluding hydrogens is 344 g/mol. The van der Waals surface area contributed by atoms with Crippen molar-refractivity contribution in [2.75, 3.05) is 11.9 Å². The van der Waals surface area contributed by atoms with Crippen LogP contribution in [0.2, 0.25) is 5.02 Å². The van der Waals surface area contributed by atoms with E-state index in [0.717, 1.165) is 16.5 Å². The Bertz CT molecular complexity index is 691. The molecule has 4 nitrogen and oxygen atoms in total. The van der Waals surface area contributed by atoms with Gasteiger partial charge in [0.25, 0.3) is 5.91 Å². The van der Waals surface area contributed by atoms with Gasteiger partial charge in [-0.25, -0.2) is 0 Å². The number of nitrogens with zero attached hydrogens (tertiary/aromatic N) is 1. The molecule has 20 heavy (non-hydrogen) atoms. The molecule has 0 saturated carbocycles. The number of benzene rings is 1. The average Bonchev–Trinajstić information content (AvgIpc) is 2.86. The van der Waals surface area contributed by atoms with Gasteiger partial charge in [0.2, 0.25) is 0 Å². The average molecular weight is 354 g/mol. The van der Waals surface area contributed by atoms with Crippen molar-refractivity contribution >= 4 is 39.1 Å². The van der Waals surface area contributed by atoms with Gasteiger partial charge in [0.1, 0.15) is 5.75 Å². The number of carbonyl (C=O) groups is 1. The first-order chi connectivity index (χ1) is 9.63. The number of pyridine rings is 1. The molecule has 102 valence electrons. The third-order valence-corrected chi connectivity index (χ3v) is 3.62. The second kappa shape index (κ2) is 5.42. The van der Waals surface area contributed by atoms with Crippen LogP contribution in [0.3, 0.4) is 0 Å². The van der Waals surface area contributed by atoms with E-state index in [2.05, 4.69) is 26.2 Å². The first-order valence-electron chi connectivity index (χ1n) is 6.00. The molecule has 0 aliphatic carbocycles. The smallest absolute Gasteiger partial charge is 0.257 e. The van der Waals surface area contributed by atoms with Gasteiger partial charge in [-0.15, -0.1) is 0 Å². The van der Waals surface area contributed by atoms with Crippen LogP contribution >= 0.6 is 27.5 Å². The van der Waals surface area contributed by atoms with Crippen molar-refractivity contribution in [2.24, 2.45) is 0 Å². The number of halogens is 2. The van der Waals surface area contributed by atoms with Gasteiger partial charge in [0, 0.05) is 33.9 Å². The zero-order chi connectivity index (χ0) is 14.1. The maximum absolute atomic E-state index is 12.2. The number of carbonyl (C=O) groups excluding carboxylic acids is 1. The lowest BCUT2D eigenvalue weighted by atomic mass is 10.1. The summed E-state index contributed by atoms with van der Waals surface area (Å²) in [4.78, 5) is 16.2. The van der Waals surface area contributed by atoms with Crippen molar-refractivity contribution in [1.82, 2.24) is 4.98 Å². The van der Waals surface area contributed by atoms with E-state index in [4.69, 9.17) is 16.3 Å². The number of hydrogen-bond donors (Lipinski definition) is 1. The summed E-state index contributed by atoms with van der Waals surface area (Å²) in [5.41, 5.74) is 2.07. The third-order valence-electron chi connectivity index (χ3n) is 2.96. The lowest BCUT2D eigenvalue weighted by Gasteiger charge is -2.10. The molecule has 1 aliphatic rings. The minimum atomic E-state index is -0.251. The van der Waals surface area contributed by atoms with Crippen LogP contribution in [0.15, 0.2) is 35.1 Å². The van der Waals surface area contributed by atoms with Crippen LogP contribution in [-0.4, -0.2) is 17.5 Å². The number of ether oxygens (including phenoxy) is 1. The normalized spacial score (nSPS) is 12.7. The molecule has 0 unspecified atom stereocenters. The van der Waals surface area contributed by atoms with Crippen LogP contribution < -0.4 is 10.1 Å². The van der Waals surface area contributed by atoms with Crippen LogP contribution in [0, 0.1) is 0 Å². The number of hydrogen-bond acceptors (Lipinski definition) is 3. The van der Waals surface area contributed by atoms with Crippen molar-refractivity contribution in [1.29, 1.82) is 0 Å². The standard InChI is InChI=1S/C14H10BrClN2O2/c15-10-3-9(6-17-7-10)14(19)18-12-5-11(16)4-8-1-2-20-13(8)12/h3-7H,1-2H2,(H,18,19). The Kier molecular flexibility index (Phi) is 3.63. The van der Waals surface area contributed by atoms with E-state index in [0.29, 0.717) is 28.6 Å². The number of anilines is 1. The Balaban J connectivity index is 1.90. The summed E-state index contributed by atoms with van der Waals surface area (Å²) in [6, 6.07) is 5.25. The Morgan fingerprint density at radius 1 is 1.35 bits per heavy atom. The maximum Gasteiger partial charge on any atom is 0.257 e. The number of nitrogens with one attached hydrogen (secondary N) is 1. The van der Waals surface area contributed by atoms with E-state index in [1.54, 1.807) is 18.3 Å². The summed E-state index contributed by atoms with van der Waals surface area (Å²) < 4.78 is 6.29. The van der Waals surface area contributed by atoms with Crippen LogP contribution in [0.4, 0.5) is 5.69 Å². The largest absolute Gasteiger partial charge is 0.491 e. The molecule has 0 saturated heterocycles. The molecule has 2 heterocycles. The zero-order valence-electron chi connectivity index (χ0n) is 10.3. The van der Waals surface area contributed by atoms with Gasteiger partial charge in [-0.3, -0.25) is 9.78 Å². The van der Waals surface area contributed by atoms with Crippen molar-refractivity contribution in [3.8, 4) is 5.75 Å². The molecular formula is C14H10BrClN2O2. The monoisotopic (exact) mass is 352 g/mol. The molecule has 1 aromatic carbocycles. The predicted octanol–water partition coefficient (Wildman–Crippen LogP) is 3.68. The van der Waals surface area contributed by atoms with Gasteiger partial charge in [0.05, 0.1) is 17.9 Å². The van der Waals surface area contributed by atoms with Crippen molar-refractivity contribution < 1.29 is 9.53 Å². The highest BCUT2D eigenvalue weighted by molar-refractivity contribution is 9.10. The van der Waals surface area contributed by atoms with Gasteiger partial charge in [-0.05, 0) is 34.1 Å². The van der Waals surface area contributed by atoms with E-state index in [1.807, 2.05) is 6.07 Å². The predicted molar refractivity (Wildman–Crippen MR) is 80.5 cm³/mol. The van der Waals surface area contributed by atoms with Crippen molar-refractivity contribution in [3.05, 3.63) is 51.2 Å². The molecule has 2 aromatic rings. The number of fused-ring (bicyclic) bond motifs is 1. The van der Waals surface area contributed by atoms with Gasteiger partial charge in [-0.1, -0.05) is 11.6 Å². The molecule has 0 radical (unpaired) electrons. The Morgan fingerprint density at radius 3 is 3.00 bits per heavy atom. The lowest BCUT2D eigenvalue weighted by molar-refractivity contribution is 0.102. The summed E-state index contributed by atoms with van der Waals surface area (Å²) in [5, 5.41) is 3.40. The molecule has 1 N–H and O–H groups in total. The highest BCUT2D eigenvalue weighted by Crippen LogP contribution is 2.36. The first kappa shape index (κ1) is 13.4. The molecule has 0 fully saturated rings. The summed E-state index contributed by atoms with van der Waals surface area (Å²) in [7, 11) is 0. The molecule has 0 atom stereocenters. The molecule has 3 rings (SSSR count). The van der Waals surface area contributed by atoms with E-state index in [9.17, 15) is 4.79 Å². The van der Waals surface area contributed by atoms with E-state index in [-0.39, 0.29) is 5.91 Å². The minimum absolute atomic E-state index is 0.251. The van der Waals surface area contributed by atoms with E-state index in [1.165, 1.54) is 6.20 Å². The molecule has 1 amide bonds. The maximum atomic E-state index is 12.2. The van der Waals surface area contributed by atoms with Crippen molar-refractivity contribution in [3.63, 3.8) is 0 Å². The Hall–Kier alpha value is -1.59. The third kappa shape index (κ3) is 2.64. The minimum Gasteiger partial charge on any atom is -0.491 e. The van der Waals surface area contributed by atoms with Crippen LogP contribution in [0.1, 0.15) is 15.9 Å². The number of amides is 1.